The lowest BCUT2D eigenvalue weighted by molar-refractivity contribution is -0.139. The number of para-hydroxylation sites is 1. The van der Waals surface area contributed by atoms with E-state index in [1.165, 1.54) is 0 Å². The van der Waals surface area contributed by atoms with Gasteiger partial charge in [-0.3, -0.25) is 14.4 Å². The van der Waals surface area contributed by atoms with Gasteiger partial charge in [0, 0.05) is 18.8 Å². The average molecular weight is 372 g/mol. The van der Waals surface area contributed by atoms with Crippen molar-refractivity contribution in [3.05, 3.63) is 30.3 Å². The second kappa shape index (κ2) is 8.88. The first-order valence-corrected chi connectivity index (χ1v) is 9.76. The molecule has 0 bridgehead atoms. The first-order chi connectivity index (χ1) is 13.1. The van der Waals surface area contributed by atoms with Crippen molar-refractivity contribution in [2.45, 2.75) is 57.2 Å². The molecule has 7 heteroatoms. The van der Waals surface area contributed by atoms with Crippen molar-refractivity contribution >= 4 is 23.4 Å². The Hall–Kier alpha value is -2.57. The van der Waals surface area contributed by atoms with Crippen LogP contribution in [0.4, 0.5) is 5.69 Å². The van der Waals surface area contributed by atoms with E-state index in [9.17, 15) is 14.4 Å². The van der Waals surface area contributed by atoms with Gasteiger partial charge >= 0.3 is 0 Å². The minimum atomic E-state index is -0.603. The molecule has 3 amide bonds. The number of hydrogen-bond donors (Lipinski definition) is 3. The van der Waals surface area contributed by atoms with Gasteiger partial charge in [0.05, 0.1) is 0 Å². The zero-order chi connectivity index (χ0) is 19.2. The second-order valence-electron chi connectivity index (χ2n) is 7.27. The molecule has 1 aromatic rings. The van der Waals surface area contributed by atoms with Crippen LogP contribution < -0.4 is 16.0 Å². The summed E-state index contributed by atoms with van der Waals surface area (Å²) < 4.78 is 0. The molecule has 2 aliphatic rings. The lowest BCUT2D eigenvalue weighted by Crippen LogP contribution is -2.54. The number of amides is 3. The van der Waals surface area contributed by atoms with Crippen molar-refractivity contribution < 1.29 is 14.4 Å². The largest absolute Gasteiger partial charge is 0.374 e. The van der Waals surface area contributed by atoms with Gasteiger partial charge in [-0.25, -0.2) is 0 Å². The third-order valence-corrected chi connectivity index (χ3v) is 5.22. The lowest BCUT2D eigenvalue weighted by Gasteiger charge is -2.29. The van der Waals surface area contributed by atoms with E-state index < -0.39 is 12.1 Å². The van der Waals surface area contributed by atoms with Crippen LogP contribution in [0.3, 0.4) is 0 Å². The van der Waals surface area contributed by atoms with E-state index >= 15 is 0 Å². The number of fused-ring (bicyclic) bond motifs is 1. The predicted molar refractivity (Wildman–Crippen MR) is 103 cm³/mol. The fourth-order valence-electron chi connectivity index (χ4n) is 3.71. The summed E-state index contributed by atoms with van der Waals surface area (Å²) in [5.74, 6) is -0.471. The zero-order valence-electron chi connectivity index (χ0n) is 15.7. The summed E-state index contributed by atoms with van der Waals surface area (Å²) in [4.78, 5) is 39.7. The van der Waals surface area contributed by atoms with E-state index in [1.54, 1.807) is 11.8 Å². The average Bonchev–Trinajstić information content (AvgIpc) is 3.16. The summed E-state index contributed by atoms with van der Waals surface area (Å²) in [6, 6.07) is 8.17. The molecule has 146 valence electrons. The Morgan fingerprint density at radius 1 is 1.00 bits per heavy atom. The number of benzene rings is 1. The highest BCUT2D eigenvalue weighted by Gasteiger charge is 2.37. The van der Waals surface area contributed by atoms with Crippen LogP contribution in [0.5, 0.6) is 0 Å². The Balaban J connectivity index is 1.80. The topological polar surface area (TPSA) is 90.5 Å². The maximum Gasteiger partial charge on any atom is 0.245 e. The molecule has 7 nitrogen and oxygen atoms in total. The first kappa shape index (κ1) is 19.2. The minimum Gasteiger partial charge on any atom is -0.374 e. The van der Waals surface area contributed by atoms with Gasteiger partial charge in [0.2, 0.25) is 17.7 Å². The normalized spacial score (nSPS) is 27.5. The summed E-state index contributed by atoms with van der Waals surface area (Å²) in [6.45, 7) is 2.79. The van der Waals surface area contributed by atoms with Crippen LogP contribution in [0.2, 0.25) is 0 Å². The molecule has 3 atom stereocenters. The van der Waals surface area contributed by atoms with Crippen molar-refractivity contribution in [2.24, 2.45) is 0 Å². The molecule has 3 rings (SSSR count). The summed E-state index contributed by atoms with van der Waals surface area (Å²) >= 11 is 0. The van der Waals surface area contributed by atoms with Gasteiger partial charge in [-0.1, -0.05) is 18.2 Å². The van der Waals surface area contributed by atoms with E-state index in [4.69, 9.17) is 0 Å². The van der Waals surface area contributed by atoms with Crippen molar-refractivity contribution in [1.29, 1.82) is 0 Å². The van der Waals surface area contributed by atoms with Crippen LogP contribution in [-0.2, 0) is 14.4 Å². The van der Waals surface area contributed by atoms with Gasteiger partial charge < -0.3 is 20.9 Å². The van der Waals surface area contributed by atoms with Crippen LogP contribution in [0.25, 0.3) is 0 Å². The minimum absolute atomic E-state index is 0.0392. The van der Waals surface area contributed by atoms with Crippen molar-refractivity contribution in [3.8, 4) is 0 Å². The van der Waals surface area contributed by atoms with Crippen LogP contribution in [0.1, 0.15) is 39.0 Å². The van der Waals surface area contributed by atoms with Gasteiger partial charge in [-0.15, -0.1) is 0 Å². The number of anilines is 1. The number of rotatable bonds is 2. The molecule has 0 spiro atoms. The lowest BCUT2D eigenvalue weighted by atomic mass is 10.1. The Labute approximate surface area is 159 Å². The molecule has 2 fully saturated rings. The number of carbonyl (C=O) groups is 3. The molecule has 3 N–H and O–H groups in total. The molecule has 2 heterocycles. The number of hydrogen-bond acceptors (Lipinski definition) is 4. The Morgan fingerprint density at radius 2 is 1.78 bits per heavy atom. The Bertz CT molecular complexity index is 679. The third-order valence-electron chi connectivity index (χ3n) is 5.22. The molecule has 1 aromatic carbocycles. The fraction of sp³-hybridized carbons (Fsp3) is 0.550. The van der Waals surface area contributed by atoms with Gasteiger partial charge in [0.15, 0.2) is 0 Å². The van der Waals surface area contributed by atoms with Gasteiger partial charge in [-0.05, 0) is 51.2 Å². The van der Waals surface area contributed by atoms with Crippen LogP contribution in [0.15, 0.2) is 30.3 Å². The van der Waals surface area contributed by atoms with Crippen LogP contribution in [0, 0.1) is 0 Å². The highest BCUT2D eigenvalue weighted by molar-refractivity contribution is 5.94. The predicted octanol–water partition coefficient (Wildman–Crippen LogP) is 1.26. The van der Waals surface area contributed by atoms with Crippen LogP contribution >= 0.6 is 0 Å². The van der Waals surface area contributed by atoms with E-state index in [0.29, 0.717) is 25.9 Å². The van der Waals surface area contributed by atoms with Crippen molar-refractivity contribution in [2.75, 3.05) is 18.4 Å². The number of nitrogens with one attached hydrogen (secondary N) is 3. The molecule has 2 aliphatic heterocycles. The van der Waals surface area contributed by atoms with E-state index in [-0.39, 0.29) is 23.8 Å². The van der Waals surface area contributed by atoms with Crippen LogP contribution in [-0.4, -0.2) is 53.8 Å². The van der Waals surface area contributed by atoms with Crippen molar-refractivity contribution in [1.82, 2.24) is 15.5 Å². The summed E-state index contributed by atoms with van der Waals surface area (Å²) in [6.07, 6.45) is 3.68. The quantitative estimate of drug-likeness (QED) is 0.729. The molecule has 0 aliphatic carbocycles. The van der Waals surface area contributed by atoms with Gasteiger partial charge in [0.1, 0.15) is 18.1 Å². The zero-order valence-corrected chi connectivity index (χ0v) is 15.7. The molecule has 0 saturated carbocycles. The molecule has 0 unspecified atom stereocenters. The maximum absolute atomic E-state index is 13.2. The smallest absolute Gasteiger partial charge is 0.245 e. The standard InChI is InChI=1S/C20H28N4O3/c1-14-18(25)21-12-6-5-10-16(23-15-8-3-2-4-9-15)20(27)24-13-7-11-17(24)19(26)22-14/h2-4,8-9,14,16-17,23H,5-7,10-13H2,1H3,(H,21,25)(H,22,26)/t14-,16-,17-/m0/s1. The first-order valence-electron chi connectivity index (χ1n) is 9.76. The number of carbonyl (C=O) groups excluding carboxylic acids is 3. The van der Waals surface area contributed by atoms with Gasteiger partial charge in [0.25, 0.3) is 0 Å². The summed E-state index contributed by atoms with van der Waals surface area (Å²) in [7, 11) is 0. The maximum atomic E-state index is 13.2. The molecule has 0 aromatic heterocycles. The monoisotopic (exact) mass is 372 g/mol. The van der Waals surface area contributed by atoms with E-state index in [2.05, 4.69) is 16.0 Å². The number of nitrogens with zero attached hydrogens (tertiary/aromatic N) is 1. The highest BCUT2D eigenvalue weighted by Crippen LogP contribution is 2.22. The molecule has 27 heavy (non-hydrogen) atoms. The Kier molecular flexibility index (Phi) is 6.32. The SMILES string of the molecule is C[C@@H]1NC(=O)[C@@H]2CCCN2C(=O)[C@@H](Nc2ccccc2)CCCCNC1=O. The van der Waals surface area contributed by atoms with E-state index in [1.807, 2.05) is 30.3 Å². The highest BCUT2D eigenvalue weighted by atomic mass is 16.2. The summed E-state index contributed by atoms with van der Waals surface area (Å²) in [5.41, 5.74) is 0.891. The van der Waals surface area contributed by atoms with Gasteiger partial charge in [-0.2, -0.15) is 0 Å². The molecule has 0 radical (unpaired) electrons. The summed E-state index contributed by atoms with van der Waals surface area (Å²) in [5, 5.41) is 8.95. The molecule has 2 saturated heterocycles. The van der Waals surface area contributed by atoms with E-state index in [0.717, 1.165) is 24.9 Å². The molecular weight excluding hydrogens is 344 g/mol. The Morgan fingerprint density at radius 3 is 2.56 bits per heavy atom. The third kappa shape index (κ3) is 4.78. The molecular formula is C20H28N4O3. The second-order valence-corrected chi connectivity index (χ2v) is 7.27. The van der Waals surface area contributed by atoms with Crippen molar-refractivity contribution in [3.63, 3.8) is 0 Å². The fourth-order valence-corrected chi connectivity index (χ4v) is 3.71.